The lowest BCUT2D eigenvalue weighted by Gasteiger charge is -2.23. The Kier molecular flexibility index (Phi) is 5.17. The van der Waals surface area contributed by atoms with Gasteiger partial charge in [-0.25, -0.2) is 0 Å². The molecular weight excluding hydrogens is 244 g/mol. The molecule has 5 N–H and O–H groups in total. The molecule has 1 aromatic rings. The molecule has 0 aliphatic carbocycles. The summed E-state index contributed by atoms with van der Waals surface area (Å²) in [4.78, 5) is 24.6. The molecule has 0 unspecified atom stereocenters. The zero-order valence-corrected chi connectivity index (χ0v) is 11.3. The number of nitrogens with zero attached hydrogens (tertiary/aromatic N) is 1. The predicted molar refractivity (Wildman–Crippen MR) is 75.9 cm³/mol. The monoisotopic (exact) mass is 264 g/mol. The summed E-state index contributed by atoms with van der Waals surface area (Å²) in [5, 5.41) is 2.72. The SMILES string of the molecule is CCNC(=O)c1ccc(N)c(N(CC)CC(N)=O)c1. The van der Waals surface area contributed by atoms with Gasteiger partial charge in [0.15, 0.2) is 0 Å². The minimum atomic E-state index is -0.440. The molecule has 0 aromatic heterocycles. The predicted octanol–water partition coefficient (Wildman–Crippen LogP) is 0.330. The van der Waals surface area contributed by atoms with Crippen LogP contribution in [0.1, 0.15) is 24.2 Å². The van der Waals surface area contributed by atoms with Crippen molar-refractivity contribution in [2.45, 2.75) is 13.8 Å². The van der Waals surface area contributed by atoms with E-state index in [1.165, 1.54) is 0 Å². The number of benzene rings is 1. The maximum absolute atomic E-state index is 11.8. The molecule has 1 rings (SSSR count). The molecular formula is C13H20N4O2. The fourth-order valence-corrected chi connectivity index (χ4v) is 1.78. The number of rotatable bonds is 6. The fourth-order valence-electron chi connectivity index (χ4n) is 1.78. The number of anilines is 2. The molecule has 0 fully saturated rings. The Hall–Kier alpha value is -2.24. The van der Waals surface area contributed by atoms with E-state index >= 15 is 0 Å². The molecule has 0 saturated carbocycles. The maximum Gasteiger partial charge on any atom is 0.251 e. The van der Waals surface area contributed by atoms with Crippen molar-refractivity contribution in [3.63, 3.8) is 0 Å². The number of nitrogen functional groups attached to an aromatic ring is 1. The average molecular weight is 264 g/mol. The third kappa shape index (κ3) is 3.87. The number of carbonyl (C=O) groups is 2. The van der Waals surface area contributed by atoms with Crippen LogP contribution >= 0.6 is 0 Å². The number of carbonyl (C=O) groups excluding carboxylic acids is 2. The van der Waals surface area contributed by atoms with Gasteiger partial charge in [0, 0.05) is 18.7 Å². The normalized spacial score (nSPS) is 10.0. The molecule has 0 saturated heterocycles. The third-order valence-electron chi connectivity index (χ3n) is 2.70. The van der Waals surface area contributed by atoms with Crippen LogP contribution in [0.5, 0.6) is 0 Å². The molecule has 1 aromatic carbocycles. The fraction of sp³-hybridized carbons (Fsp3) is 0.385. The highest BCUT2D eigenvalue weighted by atomic mass is 16.2. The number of nitrogens with one attached hydrogen (secondary N) is 1. The zero-order chi connectivity index (χ0) is 14.4. The van der Waals surface area contributed by atoms with E-state index in [1.807, 2.05) is 13.8 Å². The number of amides is 2. The Morgan fingerprint density at radius 1 is 1.32 bits per heavy atom. The van der Waals surface area contributed by atoms with Crippen LogP contribution < -0.4 is 21.7 Å². The van der Waals surface area contributed by atoms with Gasteiger partial charge >= 0.3 is 0 Å². The van der Waals surface area contributed by atoms with Crippen LogP contribution in [0.15, 0.2) is 18.2 Å². The van der Waals surface area contributed by atoms with E-state index in [0.717, 1.165) is 0 Å². The number of hydrogen-bond acceptors (Lipinski definition) is 4. The molecule has 0 heterocycles. The van der Waals surface area contributed by atoms with Crippen LogP contribution in [0, 0.1) is 0 Å². The minimum Gasteiger partial charge on any atom is -0.397 e. The van der Waals surface area contributed by atoms with Crippen LogP contribution in [0.4, 0.5) is 11.4 Å². The molecule has 0 aliphatic heterocycles. The van der Waals surface area contributed by atoms with Gasteiger partial charge in [-0.15, -0.1) is 0 Å². The van der Waals surface area contributed by atoms with Crippen molar-refractivity contribution in [2.24, 2.45) is 5.73 Å². The number of hydrogen-bond donors (Lipinski definition) is 3. The molecule has 19 heavy (non-hydrogen) atoms. The smallest absolute Gasteiger partial charge is 0.251 e. The molecule has 2 amide bonds. The summed E-state index contributed by atoms with van der Waals surface area (Å²) in [7, 11) is 0. The number of primary amides is 1. The highest BCUT2D eigenvalue weighted by molar-refractivity contribution is 5.96. The van der Waals surface area contributed by atoms with Crippen LogP contribution in [0.25, 0.3) is 0 Å². The first-order valence-corrected chi connectivity index (χ1v) is 6.20. The standard InChI is InChI=1S/C13H20N4O2/c1-3-16-13(19)9-5-6-10(14)11(7-9)17(4-2)8-12(15)18/h5-7H,3-4,8,14H2,1-2H3,(H2,15,18)(H,16,19). The van der Waals surface area contributed by atoms with Gasteiger partial charge in [-0.2, -0.15) is 0 Å². The van der Waals surface area contributed by atoms with Crippen molar-refractivity contribution < 1.29 is 9.59 Å². The number of nitrogens with two attached hydrogens (primary N) is 2. The highest BCUT2D eigenvalue weighted by Crippen LogP contribution is 2.24. The van der Waals surface area contributed by atoms with Gasteiger partial charge in [-0.3, -0.25) is 9.59 Å². The molecule has 0 radical (unpaired) electrons. The second-order valence-corrected chi connectivity index (χ2v) is 4.11. The molecule has 0 atom stereocenters. The molecule has 0 aliphatic rings. The lowest BCUT2D eigenvalue weighted by atomic mass is 10.1. The van der Waals surface area contributed by atoms with Crippen molar-refractivity contribution in [3.8, 4) is 0 Å². The lowest BCUT2D eigenvalue weighted by Crippen LogP contribution is -2.34. The van der Waals surface area contributed by atoms with Crippen LogP contribution in [-0.4, -0.2) is 31.4 Å². The summed E-state index contributed by atoms with van der Waals surface area (Å²) in [6, 6.07) is 4.98. The summed E-state index contributed by atoms with van der Waals surface area (Å²) in [5.41, 5.74) is 12.8. The van der Waals surface area contributed by atoms with E-state index in [1.54, 1.807) is 23.1 Å². The van der Waals surface area contributed by atoms with Crippen molar-refractivity contribution in [2.75, 3.05) is 30.3 Å². The summed E-state index contributed by atoms with van der Waals surface area (Å²) >= 11 is 0. The van der Waals surface area contributed by atoms with E-state index < -0.39 is 5.91 Å². The Morgan fingerprint density at radius 2 is 2.00 bits per heavy atom. The highest BCUT2D eigenvalue weighted by Gasteiger charge is 2.13. The summed E-state index contributed by atoms with van der Waals surface area (Å²) < 4.78 is 0. The Bertz CT molecular complexity index is 474. The largest absolute Gasteiger partial charge is 0.397 e. The summed E-state index contributed by atoms with van der Waals surface area (Å²) in [6.45, 7) is 4.94. The topological polar surface area (TPSA) is 101 Å². The van der Waals surface area contributed by atoms with Gasteiger partial charge < -0.3 is 21.7 Å². The second kappa shape index (κ2) is 6.63. The van der Waals surface area contributed by atoms with Gasteiger partial charge in [0.1, 0.15) is 0 Å². The zero-order valence-electron chi connectivity index (χ0n) is 11.3. The molecule has 0 spiro atoms. The van der Waals surface area contributed by atoms with E-state index in [9.17, 15) is 9.59 Å². The molecule has 104 valence electrons. The van der Waals surface area contributed by atoms with E-state index in [0.29, 0.717) is 30.0 Å². The quantitative estimate of drug-likeness (QED) is 0.644. The van der Waals surface area contributed by atoms with E-state index in [4.69, 9.17) is 11.5 Å². The molecule has 6 heteroatoms. The van der Waals surface area contributed by atoms with Gasteiger partial charge in [0.05, 0.1) is 17.9 Å². The van der Waals surface area contributed by atoms with Crippen LogP contribution in [0.2, 0.25) is 0 Å². The van der Waals surface area contributed by atoms with Gasteiger partial charge in [-0.05, 0) is 32.0 Å². The molecule has 0 bridgehead atoms. The average Bonchev–Trinajstić information content (AvgIpc) is 2.36. The van der Waals surface area contributed by atoms with Crippen molar-refractivity contribution >= 4 is 23.2 Å². The van der Waals surface area contributed by atoms with Crippen molar-refractivity contribution in [1.29, 1.82) is 0 Å². The second-order valence-electron chi connectivity index (χ2n) is 4.11. The first-order chi connectivity index (χ1) is 8.99. The lowest BCUT2D eigenvalue weighted by molar-refractivity contribution is -0.116. The summed E-state index contributed by atoms with van der Waals surface area (Å²) in [6.07, 6.45) is 0. The Balaban J connectivity index is 3.07. The van der Waals surface area contributed by atoms with E-state index in [2.05, 4.69) is 5.32 Å². The van der Waals surface area contributed by atoms with Gasteiger partial charge in [0.2, 0.25) is 5.91 Å². The molecule has 6 nitrogen and oxygen atoms in total. The Labute approximate surface area is 112 Å². The van der Waals surface area contributed by atoms with E-state index in [-0.39, 0.29) is 12.5 Å². The maximum atomic E-state index is 11.8. The van der Waals surface area contributed by atoms with Gasteiger partial charge in [0.25, 0.3) is 5.91 Å². The number of likely N-dealkylation sites (N-methyl/N-ethyl adjacent to an activating group) is 1. The first kappa shape index (κ1) is 14.8. The first-order valence-electron chi connectivity index (χ1n) is 6.20. The van der Waals surface area contributed by atoms with Crippen molar-refractivity contribution in [1.82, 2.24) is 5.32 Å². The Morgan fingerprint density at radius 3 is 2.53 bits per heavy atom. The van der Waals surface area contributed by atoms with Crippen molar-refractivity contribution in [3.05, 3.63) is 23.8 Å². The van der Waals surface area contributed by atoms with Crippen LogP contribution in [0.3, 0.4) is 0 Å². The third-order valence-corrected chi connectivity index (χ3v) is 2.70. The van der Waals surface area contributed by atoms with Gasteiger partial charge in [-0.1, -0.05) is 0 Å². The minimum absolute atomic E-state index is 0.0690. The van der Waals surface area contributed by atoms with Crippen LogP contribution in [-0.2, 0) is 4.79 Å². The summed E-state index contributed by atoms with van der Waals surface area (Å²) in [5.74, 6) is -0.608.